The van der Waals surface area contributed by atoms with Gasteiger partial charge in [-0.3, -0.25) is 0 Å². The maximum Gasteiger partial charge on any atom is 0.408 e. The van der Waals surface area contributed by atoms with Crippen LogP contribution in [0.5, 0.6) is 0 Å². The molecule has 1 atom stereocenters. The molecule has 1 amide bonds. The van der Waals surface area contributed by atoms with Crippen LogP contribution in [-0.2, 0) is 24.1 Å². The number of hydrogen-bond acceptors (Lipinski definition) is 6. The van der Waals surface area contributed by atoms with Gasteiger partial charge in [0.15, 0.2) is 15.9 Å². The molecule has 0 bridgehead atoms. The van der Waals surface area contributed by atoms with Crippen LogP contribution in [0, 0.1) is 0 Å². The Kier molecular flexibility index (Phi) is 4.35. The lowest BCUT2D eigenvalue weighted by atomic mass is 9.97. The predicted octanol–water partition coefficient (Wildman–Crippen LogP) is -0.222. The third kappa shape index (κ3) is 3.83. The average Bonchev–Trinajstić information content (AvgIpc) is 2.19. The number of rotatable bonds is 4. The molecule has 1 heterocycles. The molecule has 1 rings (SSSR count). The first-order valence-electron chi connectivity index (χ1n) is 5.89. The van der Waals surface area contributed by atoms with Crippen LogP contribution in [0.3, 0.4) is 0 Å². The van der Waals surface area contributed by atoms with Gasteiger partial charge in [0, 0.05) is 7.11 Å². The highest BCUT2D eigenvalue weighted by Gasteiger charge is 2.58. The molecule has 0 aromatic rings. The number of sulfone groups is 1. The Hall–Kier alpha value is -1.35. The van der Waals surface area contributed by atoms with E-state index in [-0.39, 0.29) is 0 Å². The molecule has 1 unspecified atom stereocenters. The Morgan fingerprint density at radius 2 is 1.80 bits per heavy atom. The lowest BCUT2D eigenvalue weighted by Gasteiger charge is -2.43. The van der Waals surface area contributed by atoms with Gasteiger partial charge in [0.25, 0.3) is 0 Å². The Balaban J connectivity index is 2.85. The van der Waals surface area contributed by atoms with Gasteiger partial charge in [-0.15, -0.1) is 0 Å². The molecule has 0 radical (unpaired) electrons. The molecule has 8 nitrogen and oxygen atoms in total. The highest BCUT2D eigenvalue weighted by molar-refractivity contribution is 7.93. The molecule has 9 heteroatoms. The van der Waals surface area contributed by atoms with Crippen LogP contribution >= 0.6 is 0 Å². The minimum absolute atomic E-state index is 0.455. The zero-order valence-corrected chi connectivity index (χ0v) is 12.6. The molecule has 0 aromatic heterocycles. The van der Waals surface area contributed by atoms with E-state index in [2.05, 4.69) is 5.32 Å². The van der Waals surface area contributed by atoms with Gasteiger partial charge in [-0.2, -0.15) is 0 Å². The molecule has 1 aliphatic heterocycles. The summed E-state index contributed by atoms with van der Waals surface area (Å²) in [7, 11) is -2.12. The van der Waals surface area contributed by atoms with Crippen molar-refractivity contribution in [2.24, 2.45) is 0 Å². The summed E-state index contributed by atoms with van der Waals surface area (Å²) in [5.74, 6) is -2.29. The summed E-state index contributed by atoms with van der Waals surface area (Å²) in [6.45, 7) is 4.88. The fourth-order valence-corrected chi connectivity index (χ4v) is 3.92. The first-order valence-corrected chi connectivity index (χ1v) is 7.71. The van der Waals surface area contributed by atoms with Gasteiger partial charge in [-0.1, -0.05) is 0 Å². The Morgan fingerprint density at radius 3 is 2.10 bits per heavy atom. The number of hydrogen-bond donors (Lipinski definition) is 2. The zero-order chi connectivity index (χ0) is 15.8. The summed E-state index contributed by atoms with van der Waals surface area (Å²) < 4.78 is 32.6. The summed E-state index contributed by atoms with van der Waals surface area (Å²) in [4.78, 5) is 22.9. The number of carboxylic acids is 1. The van der Waals surface area contributed by atoms with Crippen LogP contribution in [0.2, 0.25) is 0 Å². The van der Waals surface area contributed by atoms with E-state index in [4.69, 9.17) is 9.47 Å². The molecule has 1 aliphatic rings. The molecule has 1 fully saturated rings. The maximum absolute atomic E-state index is 11.6. The minimum Gasteiger partial charge on any atom is -0.480 e. The van der Waals surface area contributed by atoms with Crippen LogP contribution in [0.1, 0.15) is 20.8 Å². The van der Waals surface area contributed by atoms with Gasteiger partial charge in [0.2, 0.25) is 0 Å². The van der Waals surface area contributed by atoms with Gasteiger partial charge < -0.3 is 19.9 Å². The molecule has 20 heavy (non-hydrogen) atoms. The number of nitrogens with one attached hydrogen (secondary N) is 1. The highest BCUT2D eigenvalue weighted by atomic mass is 32.2. The summed E-state index contributed by atoms with van der Waals surface area (Å²) in [6, 6.07) is -1.49. The second kappa shape index (κ2) is 5.21. The van der Waals surface area contributed by atoms with Crippen molar-refractivity contribution in [2.75, 3.05) is 18.6 Å². The van der Waals surface area contributed by atoms with Crippen LogP contribution in [0.25, 0.3) is 0 Å². The number of aliphatic carboxylic acids is 1. The van der Waals surface area contributed by atoms with Crippen LogP contribution in [0.4, 0.5) is 4.79 Å². The van der Waals surface area contributed by atoms with Crippen molar-refractivity contribution < 1.29 is 32.6 Å². The smallest absolute Gasteiger partial charge is 0.408 e. The third-order valence-electron chi connectivity index (χ3n) is 2.77. The number of amides is 1. The molecular formula is C11H19NO7S. The van der Waals surface area contributed by atoms with Crippen LogP contribution in [-0.4, -0.2) is 61.4 Å². The van der Waals surface area contributed by atoms with Crippen molar-refractivity contribution in [3.8, 4) is 0 Å². The first-order chi connectivity index (χ1) is 8.91. The molecule has 0 aliphatic carbocycles. The normalized spacial score (nSPS) is 21.4. The largest absolute Gasteiger partial charge is 0.480 e. The van der Waals surface area contributed by atoms with Gasteiger partial charge in [-0.25, -0.2) is 18.0 Å². The standard InChI is InChI=1S/C11H19NO7S/c1-10(2,3)19-9(15)12-7(8(13)14)11(18-4)5-20(16,17)6-11/h7H,5-6H2,1-4H3,(H,12,15)(H,13,14). The van der Waals surface area contributed by atoms with E-state index in [1.165, 1.54) is 7.11 Å². The van der Waals surface area contributed by atoms with E-state index in [1.807, 2.05) is 0 Å². The third-order valence-corrected chi connectivity index (χ3v) is 4.63. The van der Waals surface area contributed by atoms with E-state index < -0.39 is 50.6 Å². The zero-order valence-electron chi connectivity index (χ0n) is 11.8. The predicted molar refractivity (Wildman–Crippen MR) is 69.2 cm³/mol. The number of carbonyl (C=O) groups excluding carboxylic acids is 1. The second-order valence-corrected chi connectivity index (χ2v) is 7.78. The molecule has 0 aromatic carbocycles. The van der Waals surface area contributed by atoms with Crippen molar-refractivity contribution in [1.29, 1.82) is 0 Å². The first kappa shape index (κ1) is 16.7. The van der Waals surface area contributed by atoms with Crippen molar-refractivity contribution >= 4 is 21.9 Å². The number of carboxylic acid groups (broad SMARTS) is 1. The monoisotopic (exact) mass is 309 g/mol. The lowest BCUT2D eigenvalue weighted by Crippen LogP contribution is -2.70. The van der Waals surface area contributed by atoms with E-state index in [0.29, 0.717) is 0 Å². The lowest BCUT2D eigenvalue weighted by molar-refractivity contribution is -0.147. The SMILES string of the molecule is COC1(C(NC(=O)OC(C)(C)C)C(=O)O)CS(=O)(=O)C1. The molecule has 2 N–H and O–H groups in total. The quantitative estimate of drug-likeness (QED) is 0.736. The van der Waals surface area contributed by atoms with Gasteiger partial charge in [-0.05, 0) is 20.8 Å². The van der Waals surface area contributed by atoms with Crippen molar-refractivity contribution in [2.45, 2.75) is 38.0 Å². The van der Waals surface area contributed by atoms with Gasteiger partial charge in [0.05, 0.1) is 11.5 Å². The van der Waals surface area contributed by atoms with Crippen LogP contribution in [0.15, 0.2) is 0 Å². The fraction of sp³-hybridized carbons (Fsp3) is 0.818. The Morgan fingerprint density at radius 1 is 1.30 bits per heavy atom. The summed E-state index contributed by atoms with van der Waals surface area (Å²) in [6.07, 6.45) is -0.939. The Labute approximate surface area is 117 Å². The highest BCUT2D eigenvalue weighted by Crippen LogP contribution is 2.31. The minimum atomic E-state index is -3.33. The molecule has 0 spiro atoms. The summed E-state index contributed by atoms with van der Waals surface area (Å²) >= 11 is 0. The van der Waals surface area contributed by atoms with E-state index in [9.17, 15) is 23.1 Å². The van der Waals surface area contributed by atoms with Crippen molar-refractivity contribution in [3.05, 3.63) is 0 Å². The second-order valence-electron chi connectivity index (χ2n) is 5.72. The van der Waals surface area contributed by atoms with Crippen LogP contribution < -0.4 is 5.32 Å². The topological polar surface area (TPSA) is 119 Å². The van der Waals surface area contributed by atoms with E-state index in [0.717, 1.165) is 0 Å². The summed E-state index contributed by atoms with van der Waals surface area (Å²) in [5, 5.41) is 11.3. The molecule has 1 saturated heterocycles. The molecular weight excluding hydrogens is 290 g/mol. The fourth-order valence-electron chi connectivity index (χ4n) is 1.95. The van der Waals surface area contributed by atoms with E-state index >= 15 is 0 Å². The number of alkyl carbamates (subject to hydrolysis) is 1. The molecule has 116 valence electrons. The maximum atomic E-state index is 11.6. The van der Waals surface area contributed by atoms with Crippen molar-refractivity contribution in [1.82, 2.24) is 5.32 Å². The Bertz CT molecular complexity index is 493. The van der Waals surface area contributed by atoms with Gasteiger partial charge >= 0.3 is 12.1 Å². The van der Waals surface area contributed by atoms with Gasteiger partial charge in [0.1, 0.15) is 11.2 Å². The number of carbonyl (C=O) groups is 2. The molecule has 0 saturated carbocycles. The van der Waals surface area contributed by atoms with Crippen molar-refractivity contribution in [3.63, 3.8) is 0 Å². The number of methoxy groups -OCH3 is 1. The number of ether oxygens (including phenoxy) is 2. The summed E-state index contributed by atoms with van der Waals surface area (Å²) in [5.41, 5.74) is -2.25. The average molecular weight is 309 g/mol. The van der Waals surface area contributed by atoms with E-state index in [1.54, 1.807) is 20.8 Å².